The number of nitrogens with zero attached hydrogens (tertiary/aromatic N) is 4. The van der Waals surface area contributed by atoms with Gasteiger partial charge in [-0.25, -0.2) is 9.97 Å². The zero-order valence-electron chi connectivity index (χ0n) is 23.9. The van der Waals surface area contributed by atoms with E-state index in [0.29, 0.717) is 24.4 Å². The first-order chi connectivity index (χ1) is 21.4. The van der Waals surface area contributed by atoms with Gasteiger partial charge in [-0.1, -0.05) is 66.7 Å². The Labute approximate surface area is 252 Å². The molecule has 1 aliphatic rings. The maximum atomic E-state index is 13.1. The van der Waals surface area contributed by atoms with Gasteiger partial charge in [-0.15, -0.1) is 0 Å². The molecule has 44 heavy (non-hydrogen) atoms. The number of hydrogen-bond acceptors (Lipinski definition) is 5. The monoisotopic (exact) mass is 596 g/mol. The van der Waals surface area contributed by atoms with Crippen molar-refractivity contribution >= 4 is 27.8 Å². The Morgan fingerprint density at radius 1 is 0.705 bits per heavy atom. The molecule has 0 amide bonds. The van der Waals surface area contributed by atoms with Gasteiger partial charge in [0.05, 0.1) is 16.7 Å². The Balaban J connectivity index is 0.971. The molecule has 4 aromatic carbocycles. The van der Waals surface area contributed by atoms with E-state index in [4.69, 9.17) is 9.72 Å². The van der Waals surface area contributed by atoms with Gasteiger partial charge in [0.15, 0.2) is 0 Å². The van der Waals surface area contributed by atoms with Crippen LogP contribution in [0.4, 0.5) is 18.9 Å². The third kappa shape index (κ3) is 5.85. The summed E-state index contributed by atoms with van der Waals surface area (Å²) in [6, 6.07) is 30.1. The van der Waals surface area contributed by atoms with Crippen LogP contribution < -0.4 is 9.64 Å². The molecular formula is C34H31F3N6O. The highest BCUT2D eigenvalue weighted by Gasteiger charge is 2.35. The molecule has 7 rings (SSSR count). The number of fused-ring (bicyclic) bond motifs is 2. The molecule has 0 unspecified atom stereocenters. The van der Waals surface area contributed by atoms with E-state index >= 15 is 0 Å². The van der Waals surface area contributed by atoms with Crippen LogP contribution in [0, 0.1) is 0 Å². The van der Waals surface area contributed by atoms with E-state index in [1.54, 1.807) is 18.2 Å². The smallest absolute Gasteiger partial charge is 0.449 e. The van der Waals surface area contributed by atoms with Gasteiger partial charge < -0.3 is 19.6 Å². The summed E-state index contributed by atoms with van der Waals surface area (Å²) in [5.74, 6) is 0.180. The molecule has 6 aromatic rings. The topological polar surface area (TPSA) is 73.1 Å². The lowest BCUT2D eigenvalue weighted by atomic mass is 10.0. The maximum Gasteiger partial charge on any atom is 0.449 e. The number of anilines is 1. The van der Waals surface area contributed by atoms with E-state index in [1.807, 2.05) is 6.07 Å². The lowest BCUT2D eigenvalue weighted by molar-refractivity contribution is -0.144. The Morgan fingerprint density at radius 3 is 2.16 bits per heavy atom. The van der Waals surface area contributed by atoms with Crippen molar-refractivity contribution in [2.75, 3.05) is 44.2 Å². The van der Waals surface area contributed by atoms with Crippen LogP contribution in [-0.2, 0) is 12.6 Å². The van der Waals surface area contributed by atoms with Crippen molar-refractivity contribution in [2.45, 2.75) is 12.6 Å². The van der Waals surface area contributed by atoms with E-state index in [-0.39, 0.29) is 5.52 Å². The zero-order valence-corrected chi connectivity index (χ0v) is 23.9. The lowest BCUT2D eigenvalue weighted by Gasteiger charge is -2.36. The molecule has 0 saturated carbocycles. The second-order valence-electron chi connectivity index (χ2n) is 11.0. The summed E-state index contributed by atoms with van der Waals surface area (Å²) >= 11 is 0. The van der Waals surface area contributed by atoms with E-state index < -0.39 is 12.0 Å². The molecule has 3 heterocycles. The summed E-state index contributed by atoms with van der Waals surface area (Å²) in [6.07, 6.45) is -3.64. The first kappa shape index (κ1) is 28.0. The number of para-hydroxylation sites is 2. The first-order valence-corrected chi connectivity index (χ1v) is 14.7. The van der Waals surface area contributed by atoms with Gasteiger partial charge in [0, 0.05) is 38.3 Å². The van der Waals surface area contributed by atoms with Crippen LogP contribution >= 0.6 is 0 Å². The minimum atomic E-state index is -4.54. The highest BCUT2D eigenvalue weighted by Crippen LogP contribution is 2.32. The lowest BCUT2D eigenvalue weighted by Crippen LogP contribution is -2.47. The van der Waals surface area contributed by atoms with E-state index in [0.717, 1.165) is 60.7 Å². The number of piperazine rings is 1. The Kier molecular flexibility index (Phi) is 7.43. The predicted molar refractivity (Wildman–Crippen MR) is 166 cm³/mol. The summed E-state index contributed by atoms with van der Waals surface area (Å²) in [5, 5.41) is 0. The number of rotatable bonds is 8. The van der Waals surface area contributed by atoms with Crippen molar-refractivity contribution in [1.82, 2.24) is 24.8 Å². The molecule has 1 fully saturated rings. The molecule has 1 saturated heterocycles. The third-order valence-electron chi connectivity index (χ3n) is 8.09. The number of benzene rings is 4. The number of aromatic amines is 2. The van der Waals surface area contributed by atoms with Gasteiger partial charge >= 0.3 is 6.18 Å². The van der Waals surface area contributed by atoms with Crippen LogP contribution in [0.3, 0.4) is 0 Å². The molecule has 0 spiro atoms. The fourth-order valence-corrected chi connectivity index (χ4v) is 5.77. The summed E-state index contributed by atoms with van der Waals surface area (Å²) in [6.45, 7) is 4.36. The second-order valence-corrected chi connectivity index (χ2v) is 11.0. The number of nitrogens with one attached hydrogen (secondary N) is 2. The molecule has 1 aliphatic heterocycles. The van der Waals surface area contributed by atoms with Gasteiger partial charge in [-0.3, -0.25) is 4.90 Å². The van der Waals surface area contributed by atoms with E-state index in [9.17, 15) is 13.2 Å². The number of aromatic nitrogens is 4. The van der Waals surface area contributed by atoms with Gasteiger partial charge in [0.1, 0.15) is 29.2 Å². The summed E-state index contributed by atoms with van der Waals surface area (Å²) in [5.41, 5.74) is 7.16. The molecular weight excluding hydrogens is 565 g/mol. The second kappa shape index (κ2) is 11.7. The van der Waals surface area contributed by atoms with Crippen LogP contribution in [-0.4, -0.2) is 64.2 Å². The fraction of sp³-hybridized carbons (Fsp3) is 0.235. The molecule has 2 aromatic heterocycles. The largest absolute Gasteiger partial charge is 0.490 e. The number of halogens is 3. The van der Waals surface area contributed by atoms with Crippen molar-refractivity contribution in [3.8, 4) is 17.1 Å². The average molecular weight is 597 g/mol. The number of hydrogen-bond donors (Lipinski definition) is 2. The molecule has 0 bridgehead atoms. The van der Waals surface area contributed by atoms with Crippen LogP contribution in [0.2, 0.25) is 0 Å². The highest BCUT2D eigenvalue weighted by molar-refractivity contribution is 5.91. The number of ether oxygens (including phenoxy) is 1. The molecule has 224 valence electrons. The van der Waals surface area contributed by atoms with Gasteiger partial charge in [0.2, 0.25) is 5.82 Å². The van der Waals surface area contributed by atoms with Gasteiger partial charge in [0.25, 0.3) is 0 Å². The molecule has 2 N–H and O–H groups in total. The molecule has 0 radical (unpaired) electrons. The summed E-state index contributed by atoms with van der Waals surface area (Å²) < 4.78 is 45.2. The van der Waals surface area contributed by atoms with Crippen LogP contribution in [0.25, 0.3) is 33.5 Å². The molecule has 10 heteroatoms. The molecule has 0 atom stereocenters. The van der Waals surface area contributed by atoms with Crippen molar-refractivity contribution in [3.63, 3.8) is 0 Å². The number of H-pyrrole nitrogens is 2. The predicted octanol–water partition coefficient (Wildman–Crippen LogP) is 6.92. The highest BCUT2D eigenvalue weighted by atomic mass is 19.4. The normalized spacial score (nSPS) is 14.5. The van der Waals surface area contributed by atoms with Crippen molar-refractivity contribution in [2.24, 2.45) is 0 Å². The van der Waals surface area contributed by atoms with E-state index in [2.05, 4.69) is 91.5 Å². The summed E-state index contributed by atoms with van der Waals surface area (Å²) in [7, 11) is 0. The third-order valence-corrected chi connectivity index (χ3v) is 8.09. The molecule has 0 aliphatic carbocycles. The van der Waals surface area contributed by atoms with E-state index in [1.165, 1.54) is 11.1 Å². The first-order valence-electron chi connectivity index (χ1n) is 14.7. The fourth-order valence-electron chi connectivity index (χ4n) is 5.77. The zero-order chi connectivity index (χ0) is 30.1. The molecule has 7 nitrogen and oxygen atoms in total. The minimum Gasteiger partial charge on any atom is -0.490 e. The van der Waals surface area contributed by atoms with Crippen LogP contribution in [0.15, 0.2) is 91.0 Å². The van der Waals surface area contributed by atoms with Crippen molar-refractivity contribution in [1.29, 1.82) is 0 Å². The summed E-state index contributed by atoms with van der Waals surface area (Å²) in [4.78, 5) is 19.2. The van der Waals surface area contributed by atoms with Crippen LogP contribution in [0.1, 0.15) is 17.0 Å². The Bertz CT molecular complexity index is 1870. The SMILES string of the molecule is FC(F)(F)c1nc2c(OCCN3CCN(c4cccc5[nH]c(-c6ccc(Cc7ccccc7)cc6)nc45)CC3)cccc2[nH]1. The van der Waals surface area contributed by atoms with Crippen LogP contribution in [0.5, 0.6) is 5.75 Å². The maximum absolute atomic E-state index is 13.1. The van der Waals surface area contributed by atoms with Crippen molar-refractivity contribution < 1.29 is 17.9 Å². The Morgan fingerprint density at radius 2 is 1.41 bits per heavy atom. The Hall–Kier alpha value is -4.83. The minimum absolute atomic E-state index is 0.194. The standard InChI is InChI=1S/C34H31F3N6O/c35-34(36,37)33-39-27-9-5-11-29(31(27)41-33)44-21-20-42-16-18-43(19-17-42)28-10-4-8-26-30(28)40-32(38-26)25-14-12-24(13-15-25)22-23-6-2-1-3-7-23/h1-15H,16-22H2,(H,38,40)(H,39,41). The quantitative estimate of drug-likeness (QED) is 0.200. The number of imidazole rings is 2. The van der Waals surface area contributed by atoms with Gasteiger partial charge in [-0.2, -0.15) is 13.2 Å². The average Bonchev–Trinajstić information content (AvgIpc) is 3.68. The van der Waals surface area contributed by atoms with Crippen molar-refractivity contribution in [3.05, 3.63) is 108 Å². The van der Waals surface area contributed by atoms with Gasteiger partial charge in [-0.05, 0) is 41.8 Å². The number of alkyl halides is 3.